The van der Waals surface area contributed by atoms with Crippen LogP contribution < -0.4 is 11.1 Å². The molecule has 1 aliphatic heterocycles. The van der Waals surface area contributed by atoms with Gasteiger partial charge < -0.3 is 16.0 Å². The van der Waals surface area contributed by atoms with E-state index in [0.717, 1.165) is 25.9 Å². The molecule has 1 amide bonds. The van der Waals surface area contributed by atoms with Crippen LogP contribution in [0.5, 0.6) is 0 Å². The van der Waals surface area contributed by atoms with Gasteiger partial charge in [-0.25, -0.2) is 0 Å². The maximum atomic E-state index is 12.3. The molecule has 1 rings (SSSR count). The number of nitrogens with zero attached hydrogens (tertiary/aromatic N) is 1. The zero-order valence-electron chi connectivity index (χ0n) is 12.6. The summed E-state index contributed by atoms with van der Waals surface area (Å²) in [6, 6.07) is 0. The zero-order chi connectivity index (χ0) is 14.7. The van der Waals surface area contributed by atoms with Crippen LogP contribution in [0.15, 0.2) is 0 Å². The third kappa shape index (κ3) is 3.89. The average molecular weight is 285 g/mol. The van der Waals surface area contributed by atoms with Crippen LogP contribution in [0.25, 0.3) is 0 Å². The van der Waals surface area contributed by atoms with Gasteiger partial charge in [0.1, 0.15) is 0 Å². The van der Waals surface area contributed by atoms with Crippen molar-refractivity contribution >= 4 is 23.1 Å². The number of nitrogens with two attached hydrogens (primary N) is 1. The number of carbonyl (C=O) groups excluding carboxylic acids is 1. The summed E-state index contributed by atoms with van der Waals surface area (Å²) in [5, 5.41) is 3.06. The van der Waals surface area contributed by atoms with Crippen molar-refractivity contribution in [3.63, 3.8) is 0 Å². The van der Waals surface area contributed by atoms with Crippen LogP contribution in [0.4, 0.5) is 0 Å². The molecule has 5 heteroatoms. The molecule has 1 unspecified atom stereocenters. The molecule has 0 saturated carbocycles. The first-order valence-electron chi connectivity index (χ1n) is 7.00. The van der Waals surface area contributed by atoms with E-state index in [2.05, 4.69) is 24.2 Å². The number of thiocarbonyl (C=S) groups is 1. The Labute approximate surface area is 122 Å². The second-order valence-electron chi connectivity index (χ2n) is 6.35. The van der Waals surface area contributed by atoms with E-state index in [1.54, 1.807) is 0 Å². The van der Waals surface area contributed by atoms with Gasteiger partial charge >= 0.3 is 0 Å². The molecule has 1 atom stereocenters. The highest BCUT2D eigenvalue weighted by molar-refractivity contribution is 7.80. The highest BCUT2D eigenvalue weighted by Gasteiger charge is 2.36. The lowest BCUT2D eigenvalue weighted by molar-refractivity contribution is -0.127. The topological polar surface area (TPSA) is 58.4 Å². The number of rotatable bonds is 5. The molecule has 0 aromatic heterocycles. The van der Waals surface area contributed by atoms with Gasteiger partial charge in [-0.1, -0.05) is 26.1 Å². The van der Waals surface area contributed by atoms with E-state index in [4.69, 9.17) is 18.0 Å². The number of hydrogen-bond donors (Lipinski definition) is 2. The maximum Gasteiger partial charge on any atom is 0.232 e. The van der Waals surface area contributed by atoms with Crippen LogP contribution in [0.3, 0.4) is 0 Å². The molecule has 110 valence electrons. The lowest BCUT2D eigenvalue weighted by Crippen LogP contribution is -2.50. The highest BCUT2D eigenvalue weighted by atomic mass is 32.1. The molecule has 1 fully saturated rings. The Morgan fingerprint density at radius 2 is 2.00 bits per heavy atom. The number of amides is 1. The van der Waals surface area contributed by atoms with Gasteiger partial charge in [-0.2, -0.15) is 0 Å². The van der Waals surface area contributed by atoms with Gasteiger partial charge in [0.15, 0.2) is 0 Å². The van der Waals surface area contributed by atoms with Crippen molar-refractivity contribution < 1.29 is 4.79 Å². The molecule has 3 N–H and O–H groups in total. The van der Waals surface area contributed by atoms with Gasteiger partial charge in [0, 0.05) is 6.54 Å². The van der Waals surface area contributed by atoms with Crippen LogP contribution in [-0.4, -0.2) is 42.5 Å². The highest BCUT2D eigenvalue weighted by Crippen LogP contribution is 2.30. The Kier molecular flexibility index (Phi) is 5.33. The molecule has 0 bridgehead atoms. The molecule has 1 saturated heterocycles. The second-order valence-corrected chi connectivity index (χ2v) is 6.79. The summed E-state index contributed by atoms with van der Waals surface area (Å²) in [4.78, 5) is 14.9. The summed E-state index contributed by atoms with van der Waals surface area (Å²) in [6.07, 6.45) is 2.85. The molecule has 4 nitrogen and oxygen atoms in total. The van der Waals surface area contributed by atoms with Gasteiger partial charge in [0.2, 0.25) is 5.91 Å². The van der Waals surface area contributed by atoms with Crippen molar-refractivity contribution in [3.8, 4) is 0 Å². The molecule has 1 heterocycles. The second kappa shape index (κ2) is 6.18. The largest absolute Gasteiger partial charge is 0.392 e. The number of carbonyl (C=O) groups is 1. The van der Waals surface area contributed by atoms with E-state index in [0.29, 0.717) is 13.0 Å². The van der Waals surface area contributed by atoms with Crippen molar-refractivity contribution in [2.45, 2.75) is 40.0 Å². The quantitative estimate of drug-likeness (QED) is 0.752. The first kappa shape index (κ1) is 16.4. The third-order valence-electron chi connectivity index (χ3n) is 4.62. The number of hydrogen-bond acceptors (Lipinski definition) is 3. The SMILES string of the molecule is CCC(C)(C(=O)NCC1(C)CCN(C)CC1)C(N)=S. The molecule has 0 radical (unpaired) electrons. The predicted octanol–water partition coefficient (Wildman–Crippen LogP) is 1.54. The van der Waals surface area contributed by atoms with Crippen molar-refractivity contribution in [1.82, 2.24) is 10.2 Å². The van der Waals surface area contributed by atoms with Crippen molar-refractivity contribution in [1.29, 1.82) is 0 Å². The lowest BCUT2D eigenvalue weighted by atomic mass is 9.79. The monoisotopic (exact) mass is 285 g/mol. The van der Waals surface area contributed by atoms with E-state index in [9.17, 15) is 4.79 Å². The summed E-state index contributed by atoms with van der Waals surface area (Å²) in [5.41, 5.74) is 5.17. The number of likely N-dealkylation sites (tertiary alicyclic amines) is 1. The minimum atomic E-state index is -0.725. The first-order valence-corrected chi connectivity index (χ1v) is 7.41. The Bertz CT molecular complexity index is 351. The van der Waals surface area contributed by atoms with Gasteiger partial charge in [-0.15, -0.1) is 0 Å². The summed E-state index contributed by atoms with van der Waals surface area (Å²) >= 11 is 5.03. The van der Waals surface area contributed by atoms with Crippen LogP contribution in [-0.2, 0) is 4.79 Å². The Balaban J connectivity index is 2.56. The van der Waals surface area contributed by atoms with Crippen LogP contribution in [0, 0.1) is 10.8 Å². The van der Waals surface area contributed by atoms with Crippen molar-refractivity contribution in [2.24, 2.45) is 16.6 Å². The minimum absolute atomic E-state index is 0.0392. The minimum Gasteiger partial charge on any atom is -0.392 e. The average Bonchev–Trinajstić information content (AvgIpc) is 2.38. The normalized spacial score (nSPS) is 22.5. The molecule has 0 aromatic carbocycles. The summed E-state index contributed by atoms with van der Waals surface area (Å²) in [5.74, 6) is -0.0392. The molecule has 0 aromatic rings. The van der Waals surface area contributed by atoms with Crippen molar-refractivity contribution in [2.75, 3.05) is 26.7 Å². The van der Waals surface area contributed by atoms with E-state index >= 15 is 0 Å². The first-order chi connectivity index (χ1) is 8.73. The predicted molar refractivity (Wildman–Crippen MR) is 83.0 cm³/mol. The van der Waals surface area contributed by atoms with Crippen LogP contribution >= 0.6 is 12.2 Å². The molecule has 0 aliphatic carbocycles. The number of piperidine rings is 1. The Morgan fingerprint density at radius 3 is 2.42 bits per heavy atom. The standard InChI is InChI=1S/C14H27N3OS/c1-5-14(3,11(15)19)12(18)16-10-13(2)6-8-17(4)9-7-13/h5-10H2,1-4H3,(H2,15,19)(H,16,18). The van der Waals surface area contributed by atoms with Gasteiger partial charge in [0.05, 0.1) is 10.4 Å². The zero-order valence-corrected chi connectivity index (χ0v) is 13.4. The fourth-order valence-corrected chi connectivity index (χ4v) is 2.51. The van der Waals surface area contributed by atoms with Crippen molar-refractivity contribution in [3.05, 3.63) is 0 Å². The Morgan fingerprint density at radius 1 is 1.47 bits per heavy atom. The fraction of sp³-hybridized carbons (Fsp3) is 0.857. The smallest absolute Gasteiger partial charge is 0.232 e. The van der Waals surface area contributed by atoms with Gasteiger partial charge in [-0.3, -0.25) is 4.79 Å². The summed E-state index contributed by atoms with van der Waals surface area (Å²) in [6.45, 7) is 8.89. The van der Waals surface area contributed by atoms with Crippen LogP contribution in [0.2, 0.25) is 0 Å². The van der Waals surface area contributed by atoms with Crippen LogP contribution in [0.1, 0.15) is 40.0 Å². The van der Waals surface area contributed by atoms with E-state index in [-0.39, 0.29) is 16.3 Å². The lowest BCUT2D eigenvalue weighted by Gasteiger charge is -2.38. The van der Waals surface area contributed by atoms with Gasteiger partial charge in [0.25, 0.3) is 0 Å². The molecule has 0 spiro atoms. The number of nitrogens with one attached hydrogen (secondary N) is 1. The molecular weight excluding hydrogens is 258 g/mol. The summed E-state index contributed by atoms with van der Waals surface area (Å²) < 4.78 is 0. The third-order valence-corrected chi connectivity index (χ3v) is 5.07. The van der Waals surface area contributed by atoms with Gasteiger partial charge in [-0.05, 0) is 51.7 Å². The summed E-state index contributed by atoms with van der Waals surface area (Å²) in [7, 11) is 2.14. The van der Waals surface area contributed by atoms with E-state index in [1.165, 1.54) is 0 Å². The van der Waals surface area contributed by atoms with E-state index in [1.807, 2.05) is 13.8 Å². The molecular formula is C14H27N3OS. The Hall–Kier alpha value is -0.680. The maximum absolute atomic E-state index is 12.3. The molecule has 1 aliphatic rings. The molecule has 19 heavy (non-hydrogen) atoms. The fourth-order valence-electron chi connectivity index (χ4n) is 2.27. The van der Waals surface area contributed by atoms with E-state index < -0.39 is 5.41 Å².